The van der Waals surface area contributed by atoms with Gasteiger partial charge in [0.2, 0.25) is 5.91 Å². The summed E-state index contributed by atoms with van der Waals surface area (Å²) in [5.41, 5.74) is 1.98. The predicted molar refractivity (Wildman–Crippen MR) is 119 cm³/mol. The van der Waals surface area contributed by atoms with Crippen LogP contribution in [0.1, 0.15) is 43.3 Å². The van der Waals surface area contributed by atoms with Crippen LogP contribution in [0.4, 0.5) is 5.69 Å². The van der Waals surface area contributed by atoms with Crippen molar-refractivity contribution in [2.24, 2.45) is 0 Å². The topological polar surface area (TPSA) is 80.8 Å². The lowest BCUT2D eigenvalue weighted by atomic mass is 10.0. The average molecular weight is 454 g/mol. The van der Waals surface area contributed by atoms with Crippen LogP contribution in [0.15, 0.2) is 64.9 Å². The molecule has 1 aromatic heterocycles. The number of carbonyl (C=O) groups is 3. The fourth-order valence-electron chi connectivity index (χ4n) is 3.53. The average Bonchev–Trinajstić information content (AvgIpc) is 3.22. The smallest absolute Gasteiger partial charge is 0.348 e. The van der Waals surface area contributed by atoms with Crippen molar-refractivity contribution in [2.45, 2.75) is 23.5 Å². The monoisotopic (exact) mass is 453 g/mol. The van der Waals surface area contributed by atoms with E-state index in [1.54, 1.807) is 29.6 Å². The van der Waals surface area contributed by atoms with Gasteiger partial charge in [0.1, 0.15) is 4.88 Å². The SMILES string of the molecule is COC(=O)c1scc2c1C(=O)N(c1cccc(S(=O)C(C)c3ccccc3)c1)C(=O)C2. The second-order valence-corrected chi connectivity index (χ2v) is 9.67. The molecule has 0 N–H and O–H groups in total. The summed E-state index contributed by atoms with van der Waals surface area (Å²) in [7, 11) is -0.141. The lowest BCUT2D eigenvalue weighted by Crippen LogP contribution is -2.42. The van der Waals surface area contributed by atoms with Gasteiger partial charge in [0.05, 0.1) is 40.8 Å². The third-order valence-corrected chi connectivity index (χ3v) is 7.79. The quantitative estimate of drug-likeness (QED) is 0.429. The highest BCUT2D eigenvalue weighted by Crippen LogP contribution is 2.33. The minimum Gasteiger partial charge on any atom is -0.465 e. The molecular weight excluding hydrogens is 434 g/mol. The zero-order valence-corrected chi connectivity index (χ0v) is 18.5. The van der Waals surface area contributed by atoms with Crippen LogP contribution < -0.4 is 4.90 Å². The minimum absolute atomic E-state index is 0.00228. The van der Waals surface area contributed by atoms with Gasteiger partial charge in [0.25, 0.3) is 5.91 Å². The Morgan fingerprint density at radius 3 is 2.58 bits per heavy atom. The van der Waals surface area contributed by atoms with E-state index in [0.717, 1.165) is 21.8 Å². The number of nitrogens with zero attached hydrogens (tertiary/aromatic N) is 1. The van der Waals surface area contributed by atoms with Crippen LogP contribution >= 0.6 is 11.3 Å². The Morgan fingerprint density at radius 1 is 1.13 bits per heavy atom. The summed E-state index contributed by atoms with van der Waals surface area (Å²) in [6.45, 7) is 1.87. The molecule has 2 unspecified atom stereocenters. The van der Waals surface area contributed by atoms with Gasteiger partial charge in [-0.3, -0.25) is 13.8 Å². The van der Waals surface area contributed by atoms with Gasteiger partial charge in [-0.15, -0.1) is 11.3 Å². The lowest BCUT2D eigenvalue weighted by molar-refractivity contribution is -0.117. The first-order valence-corrected chi connectivity index (χ1v) is 11.6. The summed E-state index contributed by atoms with van der Waals surface area (Å²) in [6, 6.07) is 16.1. The van der Waals surface area contributed by atoms with Crippen molar-refractivity contribution >= 4 is 45.6 Å². The number of anilines is 1. The number of fused-ring (bicyclic) bond motifs is 1. The van der Waals surface area contributed by atoms with Crippen LogP contribution in [0, 0.1) is 0 Å². The number of esters is 1. The molecule has 4 rings (SSSR count). The van der Waals surface area contributed by atoms with Crippen LogP contribution in [-0.2, 0) is 26.8 Å². The van der Waals surface area contributed by atoms with E-state index in [1.807, 2.05) is 37.3 Å². The third-order valence-electron chi connectivity index (χ3n) is 5.14. The molecule has 1 aliphatic heterocycles. The minimum atomic E-state index is -1.39. The highest BCUT2D eigenvalue weighted by atomic mass is 32.2. The summed E-state index contributed by atoms with van der Waals surface area (Å²) in [4.78, 5) is 39.8. The first-order chi connectivity index (χ1) is 14.9. The van der Waals surface area contributed by atoms with E-state index in [2.05, 4.69) is 0 Å². The fraction of sp³-hybridized carbons (Fsp3) is 0.174. The molecule has 8 heteroatoms. The molecule has 3 aromatic rings. The molecule has 0 fully saturated rings. The summed E-state index contributed by atoms with van der Waals surface area (Å²) < 4.78 is 17.9. The van der Waals surface area contributed by atoms with Crippen LogP contribution in [-0.4, -0.2) is 29.1 Å². The molecule has 2 atom stereocenters. The van der Waals surface area contributed by atoms with E-state index in [0.29, 0.717) is 16.1 Å². The van der Waals surface area contributed by atoms with E-state index in [-0.39, 0.29) is 22.1 Å². The van der Waals surface area contributed by atoms with Gasteiger partial charge in [-0.1, -0.05) is 36.4 Å². The van der Waals surface area contributed by atoms with Gasteiger partial charge in [-0.2, -0.15) is 0 Å². The number of rotatable bonds is 5. The first kappa shape index (κ1) is 21.1. The molecular formula is C23H19NO5S2. The fourth-order valence-corrected chi connectivity index (χ4v) is 5.77. The van der Waals surface area contributed by atoms with E-state index >= 15 is 0 Å². The number of thiophene rings is 1. The van der Waals surface area contributed by atoms with Crippen LogP contribution in [0.25, 0.3) is 0 Å². The normalized spacial score (nSPS) is 15.4. The van der Waals surface area contributed by atoms with E-state index in [1.165, 1.54) is 7.11 Å². The third kappa shape index (κ3) is 3.84. The first-order valence-electron chi connectivity index (χ1n) is 9.54. The number of methoxy groups -OCH3 is 1. The van der Waals surface area contributed by atoms with Gasteiger partial charge in [0.15, 0.2) is 0 Å². The summed E-state index contributed by atoms with van der Waals surface area (Å²) in [5.74, 6) is -1.59. The number of ether oxygens (including phenoxy) is 1. The van der Waals surface area contributed by atoms with Crippen molar-refractivity contribution in [3.8, 4) is 0 Å². The molecule has 0 bridgehead atoms. The van der Waals surface area contributed by atoms with Gasteiger partial charge >= 0.3 is 5.97 Å². The maximum atomic E-state index is 13.2. The molecule has 0 saturated heterocycles. The van der Waals surface area contributed by atoms with Crippen molar-refractivity contribution < 1.29 is 23.3 Å². The zero-order chi connectivity index (χ0) is 22.1. The number of hydrogen-bond acceptors (Lipinski definition) is 6. The molecule has 2 aromatic carbocycles. The Bertz CT molecular complexity index is 1200. The van der Waals surface area contributed by atoms with E-state index < -0.39 is 28.6 Å². The Morgan fingerprint density at radius 2 is 1.87 bits per heavy atom. The van der Waals surface area contributed by atoms with Gasteiger partial charge < -0.3 is 4.74 Å². The summed E-state index contributed by atoms with van der Waals surface area (Å²) >= 11 is 1.09. The highest BCUT2D eigenvalue weighted by molar-refractivity contribution is 7.85. The Labute approximate surface area is 185 Å². The van der Waals surface area contributed by atoms with E-state index in [4.69, 9.17) is 4.74 Å². The van der Waals surface area contributed by atoms with Crippen molar-refractivity contribution in [3.63, 3.8) is 0 Å². The van der Waals surface area contributed by atoms with Crippen molar-refractivity contribution in [1.82, 2.24) is 0 Å². The molecule has 1 aliphatic rings. The van der Waals surface area contributed by atoms with Crippen LogP contribution in [0.3, 0.4) is 0 Å². The summed E-state index contributed by atoms with van der Waals surface area (Å²) in [6.07, 6.45) is 0.00228. The summed E-state index contributed by atoms with van der Waals surface area (Å²) in [5, 5.41) is 1.38. The van der Waals surface area contributed by atoms with Crippen molar-refractivity contribution in [3.05, 3.63) is 81.5 Å². The molecule has 2 amide bonds. The van der Waals surface area contributed by atoms with Gasteiger partial charge in [-0.05, 0) is 41.6 Å². The molecule has 158 valence electrons. The molecule has 0 aliphatic carbocycles. The van der Waals surface area contributed by atoms with Crippen LogP contribution in [0.2, 0.25) is 0 Å². The van der Waals surface area contributed by atoms with Gasteiger partial charge in [0, 0.05) is 4.90 Å². The number of benzene rings is 2. The molecule has 0 saturated carbocycles. The molecule has 0 spiro atoms. The second kappa shape index (κ2) is 8.56. The number of carbonyl (C=O) groups excluding carboxylic acids is 3. The molecule has 31 heavy (non-hydrogen) atoms. The Balaban J connectivity index is 1.69. The number of amides is 2. The van der Waals surface area contributed by atoms with Crippen molar-refractivity contribution in [1.29, 1.82) is 0 Å². The highest BCUT2D eigenvalue weighted by Gasteiger charge is 2.37. The standard InChI is InChI=1S/C23H19NO5S2/c1-14(15-7-4-3-5-8-15)31(28)18-10-6-9-17(12-18)24-19(25)11-16-13-30-21(23(27)29-2)20(16)22(24)26/h3-10,12-14H,11H2,1-2H3. The van der Waals surface area contributed by atoms with Crippen molar-refractivity contribution in [2.75, 3.05) is 12.0 Å². The number of hydrogen-bond donors (Lipinski definition) is 0. The van der Waals surface area contributed by atoms with Gasteiger partial charge in [-0.25, -0.2) is 9.69 Å². The maximum absolute atomic E-state index is 13.2. The zero-order valence-electron chi connectivity index (χ0n) is 16.9. The Kier molecular flexibility index (Phi) is 5.84. The molecule has 2 heterocycles. The van der Waals surface area contributed by atoms with E-state index in [9.17, 15) is 18.6 Å². The largest absolute Gasteiger partial charge is 0.465 e. The maximum Gasteiger partial charge on any atom is 0.348 e. The molecule has 6 nitrogen and oxygen atoms in total. The Hall–Kier alpha value is -3.10. The predicted octanol–water partition coefficient (Wildman–Crippen LogP) is 4.13. The lowest BCUT2D eigenvalue weighted by Gasteiger charge is -2.26. The molecule has 0 radical (unpaired) electrons. The number of imide groups is 1. The second-order valence-electron chi connectivity index (χ2n) is 7.02. The van der Waals surface area contributed by atoms with Crippen LogP contribution in [0.5, 0.6) is 0 Å².